The summed E-state index contributed by atoms with van der Waals surface area (Å²) in [5.41, 5.74) is 1.75. The van der Waals surface area contributed by atoms with Crippen LogP contribution in [0.3, 0.4) is 0 Å². The molecule has 1 aromatic carbocycles. The predicted octanol–water partition coefficient (Wildman–Crippen LogP) is 3.90. The molecule has 0 atom stereocenters. The summed E-state index contributed by atoms with van der Waals surface area (Å²) in [6.07, 6.45) is 4.85. The van der Waals surface area contributed by atoms with Gasteiger partial charge in [0.2, 0.25) is 0 Å². The van der Waals surface area contributed by atoms with Gasteiger partial charge < -0.3 is 9.64 Å². The fourth-order valence-corrected chi connectivity index (χ4v) is 2.37. The molecular formula is C17H23NO2. The Balaban J connectivity index is 2.17. The van der Waals surface area contributed by atoms with Crippen LogP contribution in [0.4, 0.5) is 5.69 Å². The molecule has 1 fully saturated rings. The molecule has 0 unspecified atom stereocenters. The number of carbonyl (C=O) groups excluding carboxylic acids is 1. The van der Waals surface area contributed by atoms with Crippen LogP contribution in [0.1, 0.15) is 40.0 Å². The molecule has 1 aliphatic heterocycles. The van der Waals surface area contributed by atoms with E-state index in [2.05, 4.69) is 17.0 Å². The molecule has 1 saturated heterocycles. The van der Waals surface area contributed by atoms with Crippen molar-refractivity contribution in [2.24, 2.45) is 0 Å². The summed E-state index contributed by atoms with van der Waals surface area (Å²) >= 11 is 0. The van der Waals surface area contributed by atoms with Gasteiger partial charge in [0.05, 0.1) is 0 Å². The Morgan fingerprint density at radius 2 is 1.90 bits per heavy atom. The van der Waals surface area contributed by atoms with Crippen molar-refractivity contribution in [3.63, 3.8) is 0 Å². The highest BCUT2D eigenvalue weighted by Gasteiger charge is 2.20. The van der Waals surface area contributed by atoms with Crippen molar-refractivity contribution in [3.05, 3.63) is 42.1 Å². The van der Waals surface area contributed by atoms with Crippen molar-refractivity contribution in [1.82, 2.24) is 0 Å². The van der Waals surface area contributed by atoms with Crippen LogP contribution in [0.2, 0.25) is 0 Å². The molecule has 0 spiro atoms. The zero-order valence-electron chi connectivity index (χ0n) is 12.6. The second-order valence-electron chi connectivity index (χ2n) is 6.11. The lowest BCUT2D eigenvalue weighted by molar-refractivity contribution is -0.148. The van der Waals surface area contributed by atoms with E-state index >= 15 is 0 Å². The molecule has 1 heterocycles. The number of carbonyl (C=O) groups is 1. The summed E-state index contributed by atoms with van der Waals surface area (Å²) in [7, 11) is 0. The number of rotatable bonds is 2. The van der Waals surface area contributed by atoms with Gasteiger partial charge in [0.25, 0.3) is 0 Å². The van der Waals surface area contributed by atoms with Crippen LogP contribution >= 0.6 is 0 Å². The Morgan fingerprint density at radius 3 is 2.55 bits per heavy atom. The average molecular weight is 273 g/mol. The highest BCUT2D eigenvalue weighted by atomic mass is 16.6. The number of nitrogens with zero attached hydrogens (tertiary/aromatic N) is 1. The smallest absolute Gasteiger partial charge is 0.333 e. The van der Waals surface area contributed by atoms with Crippen LogP contribution in [0.5, 0.6) is 0 Å². The number of para-hydroxylation sites is 1. The van der Waals surface area contributed by atoms with Gasteiger partial charge in [-0.2, -0.15) is 0 Å². The minimum absolute atomic E-state index is 0.254. The van der Waals surface area contributed by atoms with Gasteiger partial charge in [0.15, 0.2) is 0 Å². The third-order valence-electron chi connectivity index (χ3n) is 3.17. The standard InChI is InChI=1S/C17H23NO2/c1-17(2,3)20-16(19)13-15-11-7-8-12-18(15)14-9-5-4-6-10-14/h4-6,9-10,13H,7-8,11-12H2,1-3H3/b15-13+. The Hall–Kier alpha value is -1.77. The van der Waals surface area contributed by atoms with Crippen LogP contribution in [0.15, 0.2) is 42.1 Å². The first-order valence-corrected chi connectivity index (χ1v) is 7.22. The molecule has 108 valence electrons. The molecule has 0 aromatic heterocycles. The van der Waals surface area contributed by atoms with Crippen molar-refractivity contribution >= 4 is 11.7 Å². The average Bonchev–Trinajstić information content (AvgIpc) is 2.38. The molecule has 0 N–H and O–H groups in total. The molecule has 1 aliphatic rings. The van der Waals surface area contributed by atoms with Crippen LogP contribution < -0.4 is 4.90 Å². The van der Waals surface area contributed by atoms with E-state index < -0.39 is 5.60 Å². The first-order valence-electron chi connectivity index (χ1n) is 7.22. The number of anilines is 1. The van der Waals surface area contributed by atoms with Gasteiger partial charge in [-0.15, -0.1) is 0 Å². The van der Waals surface area contributed by atoms with E-state index in [0.29, 0.717) is 0 Å². The summed E-state index contributed by atoms with van der Waals surface area (Å²) in [6.45, 7) is 6.62. The van der Waals surface area contributed by atoms with Gasteiger partial charge in [-0.05, 0) is 52.2 Å². The molecule has 0 radical (unpaired) electrons. The van der Waals surface area contributed by atoms with Gasteiger partial charge >= 0.3 is 5.97 Å². The van der Waals surface area contributed by atoms with Gasteiger partial charge in [-0.3, -0.25) is 0 Å². The van der Waals surface area contributed by atoms with Gasteiger partial charge in [0, 0.05) is 24.0 Å². The molecule has 0 saturated carbocycles. The highest BCUT2D eigenvalue weighted by Crippen LogP contribution is 2.27. The summed E-state index contributed by atoms with van der Waals surface area (Å²) < 4.78 is 5.38. The fraction of sp³-hybridized carbons (Fsp3) is 0.471. The monoisotopic (exact) mass is 273 g/mol. The van der Waals surface area contributed by atoms with Crippen molar-refractivity contribution in [2.75, 3.05) is 11.4 Å². The van der Waals surface area contributed by atoms with Crippen molar-refractivity contribution in [2.45, 2.75) is 45.6 Å². The number of hydrogen-bond donors (Lipinski definition) is 0. The number of hydrogen-bond acceptors (Lipinski definition) is 3. The lowest BCUT2D eigenvalue weighted by Crippen LogP contribution is -2.29. The number of allylic oxidation sites excluding steroid dienone is 1. The molecule has 2 rings (SSSR count). The minimum atomic E-state index is -0.444. The molecule has 0 amide bonds. The molecule has 1 aromatic rings. The zero-order chi connectivity index (χ0) is 14.6. The summed E-state index contributed by atoms with van der Waals surface area (Å²) in [4.78, 5) is 14.2. The normalized spacial score (nSPS) is 18.1. The first kappa shape index (κ1) is 14.6. The Bertz CT molecular complexity index is 485. The predicted molar refractivity (Wildman–Crippen MR) is 81.6 cm³/mol. The topological polar surface area (TPSA) is 29.5 Å². The number of ether oxygens (including phenoxy) is 1. The van der Waals surface area contributed by atoms with Crippen molar-refractivity contribution in [1.29, 1.82) is 0 Å². The number of piperidine rings is 1. The molecule has 3 nitrogen and oxygen atoms in total. The van der Waals surface area contributed by atoms with E-state index in [1.54, 1.807) is 6.08 Å². The van der Waals surface area contributed by atoms with Crippen molar-refractivity contribution in [3.8, 4) is 0 Å². The summed E-state index contributed by atoms with van der Waals surface area (Å²) in [6, 6.07) is 10.2. The third-order valence-corrected chi connectivity index (χ3v) is 3.17. The second kappa shape index (κ2) is 6.12. The highest BCUT2D eigenvalue weighted by molar-refractivity contribution is 5.84. The van der Waals surface area contributed by atoms with Crippen molar-refractivity contribution < 1.29 is 9.53 Å². The molecular weight excluding hydrogens is 250 g/mol. The largest absolute Gasteiger partial charge is 0.457 e. The van der Waals surface area contributed by atoms with Crippen LogP contribution in [0.25, 0.3) is 0 Å². The number of esters is 1. The minimum Gasteiger partial charge on any atom is -0.457 e. The van der Waals surface area contributed by atoms with Crippen LogP contribution in [-0.2, 0) is 9.53 Å². The lowest BCUT2D eigenvalue weighted by atomic mass is 10.1. The Labute approximate surface area is 121 Å². The Kier molecular flexibility index (Phi) is 4.48. The van der Waals surface area contributed by atoms with Crippen LogP contribution in [-0.4, -0.2) is 18.1 Å². The van der Waals surface area contributed by atoms with Gasteiger partial charge in [0.1, 0.15) is 5.60 Å². The molecule has 0 bridgehead atoms. The summed E-state index contributed by atoms with van der Waals surface area (Å²) in [5, 5.41) is 0. The number of benzene rings is 1. The lowest BCUT2D eigenvalue weighted by Gasteiger charge is -2.32. The van der Waals surface area contributed by atoms with E-state index in [4.69, 9.17) is 4.74 Å². The molecule has 0 aliphatic carbocycles. The van der Waals surface area contributed by atoms with E-state index in [-0.39, 0.29) is 5.97 Å². The zero-order valence-corrected chi connectivity index (χ0v) is 12.6. The third kappa shape index (κ3) is 4.12. The van der Waals surface area contributed by atoms with E-state index in [1.165, 1.54) is 0 Å². The Morgan fingerprint density at radius 1 is 1.20 bits per heavy atom. The SMILES string of the molecule is CC(C)(C)OC(=O)/C=C1\CCCCN1c1ccccc1. The second-order valence-corrected chi connectivity index (χ2v) is 6.11. The molecule has 20 heavy (non-hydrogen) atoms. The van der Waals surface area contributed by atoms with E-state index in [9.17, 15) is 4.79 Å². The van der Waals surface area contributed by atoms with Gasteiger partial charge in [-0.1, -0.05) is 18.2 Å². The van der Waals surface area contributed by atoms with Crippen LogP contribution in [0, 0.1) is 0 Å². The maximum Gasteiger partial charge on any atom is 0.333 e. The molecule has 3 heteroatoms. The maximum absolute atomic E-state index is 12.0. The maximum atomic E-state index is 12.0. The summed E-state index contributed by atoms with van der Waals surface area (Å²) in [5.74, 6) is -0.254. The quantitative estimate of drug-likeness (QED) is 0.604. The van der Waals surface area contributed by atoms with Gasteiger partial charge in [-0.25, -0.2) is 4.79 Å². The fourth-order valence-electron chi connectivity index (χ4n) is 2.37. The van der Waals surface area contributed by atoms with E-state index in [0.717, 1.165) is 37.2 Å². The van der Waals surface area contributed by atoms with E-state index in [1.807, 2.05) is 39.0 Å². The first-order chi connectivity index (χ1) is 9.46.